The number of carbonyl (C=O) groups is 1. The number of nitrogens with zero attached hydrogens (tertiary/aromatic N) is 1. The quantitative estimate of drug-likeness (QED) is 0.702. The van der Waals surface area contributed by atoms with Gasteiger partial charge in [0.15, 0.2) is 0 Å². The zero-order valence-electron chi connectivity index (χ0n) is 16.4. The van der Waals surface area contributed by atoms with E-state index in [4.69, 9.17) is 9.47 Å². The van der Waals surface area contributed by atoms with Crippen molar-refractivity contribution in [2.45, 2.75) is 25.2 Å². The van der Waals surface area contributed by atoms with E-state index in [-0.39, 0.29) is 11.8 Å². The normalized spacial score (nSPS) is 15.9. The molecule has 1 aliphatic rings. The predicted octanol–water partition coefficient (Wildman–Crippen LogP) is 4.13. The van der Waals surface area contributed by atoms with Gasteiger partial charge in [-0.25, -0.2) is 0 Å². The molecule has 5 nitrogen and oxygen atoms in total. The molecular weight excluding hydrogens is 352 g/mol. The topological polar surface area (TPSA) is 54.6 Å². The van der Waals surface area contributed by atoms with Crippen LogP contribution in [-0.2, 0) is 11.2 Å². The number of amides is 1. The van der Waals surface area contributed by atoms with Gasteiger partial charge in [-0.3, -0.25) is 4.79 Å². The van der Waals surface area contributed by atoms with E-state index in [0.29, 0.717) is 13.2 Å². The Morgan fingerprint density at radius 3 is 2.86 bits per heavy atom. The Bertz CT molecular complexity index is 979. The van der Waals surface area contributed by atoms with Crippen molar-refractivity contribution >= 4 is 16.8 Å². The molecule has 1 atom stereocenters. The van der Waals surface area contributed by atoms with Crippen LogP contribution < -0.4 is 9.47 Å². The van der Waals surface area contributed by atoms with Gasteiger partial charge in [0.25, 0.3) is 0 Å². The Morgan fingerprint density at radius 2 is 2.00 bits per heavy atom. The summed E-state index contributed by atoms with van der Waals surface area (Å²) in [7, 11) is 3.49. The van der Waals surface area contributed by atoms with E-state index in [0.717, 1.165) is 42.0 Å². The molecule has 1 aliphatic carbocycles. The van der Waals surface area contributed by atoms with Gasteiger partial charge in [0.05, 0.1) is 19.6 Å². The van der Waals surface area contributed by atoms with Gasteiger partial charge in [-0.15, -0.1) is 0 Å². The van der Waals surface area contributed by atoms with Crippen LogP contribution in [0.25, 0.3) is 10.9 Å². The smallest absolute Gasteiger partial charge is 0.231 e. The SMILES string of the molecule is COc1cccc(OCCN(C)C(=O)C2CCCc3c2[nH]c2ccccc32)c1. The molecule has 28 heavy (non-hydrogen) atoms. The molecule has 0 aliphatic heterocycles. The number of hydrogen-bond donors (Lipinski definition) is 1. The Balaban J connectivity index is 1.42. The molecule has 1 unspecified atom stereocenters. The summed E-state index contributed by atoms with van der Waals surface area (Å²) < 4.78 is 11.0. The number of rotatable bonds is 6. The summed E-state index contributed by atoms with van der Waals surface area (Å²) in [6.45, 7) is 0.990. The number of ether oxygens (including phenoxy) is 2. The molecule has 1 heterocycles. The monoisotopic (exact) mass is 378 g/mol. The minimum absolute atomic E-state index is 0.0991. The van der Waals surface area contributed by atoms with Crippen LogP contribution in [0.4, 0.5) is 0 Å². The lowest BCUT2D eigenvalue weighted by molar-refractivity contribution is -0.132. The van der Waals surface area contributed by atoms with E-state index in [1.165, 1.54) is 10.9 Å². The highest BCUT2D eigenvalue weighted by Gasteiger charge is 2.31. The number of fused-ring (bicyclic) bond motifs is 3. The number of carbonyl (C=O) groups excluding carboxylic acids is 1. The highest BCUT2D eigenvalue weighted by Crippen LogP contribution is 2.36. The fourth-order valence-corrected chi connectivity index (χ4v) is 4.03. The van der Waals surface area contributed by atoms with Gasteiger partial charge in [0, 0.05) is 29.7 Å². The van der Waals surface area contributed by atoms with Gasteiger partial charge in [0.1, 0.15) is 18.1 Å². The molecule has 1 amide bonds. The molecule has 4 rings (SSSR count). The Morgan fingerprint density at radius 1 is 1.18 bits per heavy atom. The van der Waals surface area contributed by atoms with Gasteiger partial charge in [-0.2, -0.15) is 0 Å². The number of benzene rings is 2. The number of aryl methyl sites for hydroxylation is 1. The fourth-order valence-electron chi connectivity index (χ4n) is 4.03. The van der Waals surface area contributed by atoms with Crippen LogP contribution in [0.3, 0.4) is 0 Å². The third-order valence-corrected chi connectivity index (χ3v) is 5.53. The van der Waals surface area contributed by atoms with Crippen molar-refractivity contribution in [1.82, 2.24) is 9.88 Å². The first kappa shape index (κ1) is 18.4. The number of likely N-dealkylation sites (N-methyl/N-ethyl adjacent to an activating group) is 1. The van der Waals surface area contributed by atoms with Crippen molar-refractivity contribution in [2.24, 2.45) is 0 Å². The van der Waals surface area contributed by atoms with E-state index in [1.807, 2.05) is 37.4 Å². The van der Waals surface area contributed by atoms with Crippen LogP contribution in [0.2, 0.25) is 0 Å². The lowest BCUT2D eigenvalue weighted by Crippen LogP contribution is -2.36. The number of aromatic nitrogens is 1. The second-order valence-corrected chi connectivity index (χ2v) is 7.29. The van der Waals surface area contributed by atoms with Gasteiger partial charge >= 0.3 is 0 Å². The maximum Gasteiger partial charge on any atom is 0.231 e. The van der Waals surface area contributed by atoms with Crippen molar-refractivity contribution in [3.05, 3.63) is 59.8 Å². The summed E-state index contributed by atoms with van der Waals surface area (Å²) >= 11 is 0. The second kappa shape index (κ2) is 7.97. The van der Waals surface area contributed by atoms with Crippen LogP contribution in [-0.4, -0.2) is 43.1 Å². The third kappa shape index (κ3) is 3.57. The van der Waals surface area contributed by atoms with E-state index < -0.39 is 0 Å². The molecule has 0 bridgehead atoms. The lowest BCUT2D eigenvalue weighted by atomic mass is 9.86. The maximum absolute atomic E-state index is 13.1. The van der Waals surface area contributed by atoms with Crippen molar-refractivity contribution in [3.8, 4) is 11.5 Å². The third-order valence-electron chi connectivity index (χ3n) is 5.53. The van der Waals surface area contributed by atoms with Gasteiger partial charge in [-0.1, -0.05) is 24.3 Å². The van der Waals surface area contributed by atoms with Gasteiger partial charge in [-0.05, 0) is 43.0 Å². The van der Waals surface area contributed by atoms with Crippen LogP contribution in [0, 0.1) is 0 Å². The lowest BCUT2D eigenvalue weighted by Gasteiger charge is -2.27. The molecule has 3 aromatic rings. The molecule has 1 aromatic heterocycles. The molecule has 0 spiro atoms. The number of methoxy groups -OCH3 is 1. The van der Waals surface area contributed by atoms with Crippen LogP contribution in [0.5, 0.6) is 11.5 Å². The van der Waals surface area contributed by atoms with Gasteiger partial charge < -0.3 is 19.4 Å². The zero-order valence-corrected chi connectivity index (χ0v) is 16.4. The molecule has 1 N–H and O–H groups in total. The summed E-state index contributed by atoms with van der Waals surface area (Å²) in [5, 5.41) is 1.25. The zero-order chi connectivity index (χ0) is 19.5. The standard InChI is InChI=1S/C23H26N2O3/c1-25(13-14-28-17-8-5-7-16(15-17)27-2)23(26)20-11-6-10-19-18-9-3-4-12-21(18)24-22(19)20/h3-5,7-9,12,15,20,24H,6,10-11,13-14H2,1-2H3. The Hall–Kier alpha value is -2.95. The maximum atomic E-state index is 13.1. The van der Waals surface area contributed by atoms with E-state index in [1.54, 1.807) is 12.0 Å². The Labute approximate surface area is 165 Å². The number of para-hydroxylation sites is 1. The highest BCUT2D eigenvalue weighted by molar-refractivity contribution is 5.90. The van der Waals surface area contributed by atoms with E-state index in [9.17, 15) is 4.79 Å². The highest BCUT2D eigenvalue weighted by atomic mass is 16.5. The van der Waals surface area contributed by atoms with Crippen LogP contribution >= 0.6 is 0 Å². The molecule has 146 valence electrons. The van der Waals surface area contributed by atoms with E-state index >= 15 is 0 Å². The van der Waals surface area contributed by atoms with Gasteiger partial charge in [0.2, 0.25) is 5.91 Å². The summed E-state index contributed by atoms with van der Waals surface area (Å²) in [5.74, 6) is 1.56. The molecule has 2 aromatic carbocycles. The van der Waals surface area contributed by atoms with Crippen molar-refractivity contribution in [3.63, 3.8) is 0 Å². The molecule has 5 heteroatoms. The summed E-state index contributed by atoms with van der Waals surface area (Å²) in [6, 6.07) is 15.8. The molecule has 0 radical (unpaired) electrons. The summed E-state index contributed by atoms with van der Waals surface area (Å²) in [5.41, 5.74) is 3.52. The minimum Gasteiger partial charge on any atom is -0.497 e. The molecule has 0 fully saturated rings. The molecular formula is C23H26N2O3. The predicted molar refractivity (Wildman–Crippen MR) is 110 cm³/mol. The number of hydrogen-bond acceptors (Lipinski definition) is 3. The largest absolute Gasteiger partial charge is 0.497 e. The number of nitrogens with one attached hydrogen (secondary N) is 1. The van der Waals surface area contributed by atoms with Crippen molar-refractivity contribution < 1.29 is 14.3 Å². The molecule has 0 saturated heterocycles. The number of aromatic amines is 1. The van der Waals surface area contributed by atoms with Crippen molar-refractivity contribution in [2.75, 3.05) is 27.3 Å². The number of H-pyrrole nitrogens is 1. The Kier molecular flexibility index (Phi) is 5.24. The van der Waals surface area contributed by atoms with Crippen molar-refractivity contribution in [1.29, 1.82) is 0 Å². The average molecular weight is 378 g/mol. The minimum atomic E-state index is -0.0991. The first-order chi connectivity index (χ1) is 13.7. The molecule has 0 saturated carbocycles. The van der Waals surface area contributed by atoms with E-state index in [2.05, 4.69) is 23.2 Å². The van der Waals surface area contributed by atoms with Crippen LogP contribution in [0.1, 0.15) is 30.0 Å². The summed E-state index contributed by atoms with van der Waals surface area (Å²) in [6.07, 6.45) is 2.96. The van der Waals surface area contributed by atoms with Crippen LogP contribution in [0.15, 0.2) is 48.5 Å². The summed E-state index contributed by atoms with van der Waals surface area (Å²) in [4.78, 5) is 18.4. The fraction of sp³-hybridized carbons (Fsp3) is 0.348. The first-order valence-corrected chi connectivity index (χ1v) is 9.78. The second-order valence-electron chi connectivity index (χ2n) is 7.29. The first-order valence-electron chi connectivity index (χ1n) is 9.78. The average Bonchev–Trinajstić information content (AvgIpc) is 3.12.